The smallest absolute Gasteiger partial charge is 0.0757 e. The van der Waals surface area contributed by atoms with Crippen molar-refractivity contribution in [1.82, 2.24) is 4.90 Å². The molecule has 1 heterocycles. The van der Waals surface area contributed by atoms with Gasteiger partial charge in [-0.15, -0.1) is 0 Å². The number of morpholine rings is 1. The molecule has 0 radical (unpaired) electrons. The fourth-order valence-corrected chi connectivity index (χ4v) is 3.63. The Kier molecular flexibility index (Phi) is 4.68. The SMILES string of the molecule is CC1CN(C2CCCCCCC2O)CC(C)(C)O1. The van der Waals surface area contributed by atoms with Crippen molar-refractivity contribution in [3.05, 3.63) is 0 Å². The van der Waals surface area contributed by atoms with Gasteiger partial charge >= 0.3 is 0 Å². The van der Waals surface area contributed by atoms with Crippen LogP contribution >= 0.6 is 0 Å². The Morgan fingerprint density at radius 1 is 1.11 bits per heavy atom. The van der Waals surface area contributed by atoms with Crippen molar-refractivity contribution < 1.29 is 9.84 Å². The second-order valence-electron chi connectivity index (χ2n) is 6.74. The van der Waals surface area contributed by atoms with Gasteiger partial charge in [0.2, 0.25) is 0 Å². The Morgan fingerprint density at radius 2 is 1.78 bits per heavy atom. The van der Waals surface area contributed by atoms with Crippen LogP contribution in [0, 0.1) is 0 Å². The van der Waals surface area contributed by atoms with Gasteiger partial charge in [0.25, 0.3) is 0 Å². The largest absolute Gasteiger partial charge is 0.391 e. The topological polar surface area (TPSA) is 32.7 Å². The van der Waals surface area contributed by atoms with E-state index in [1.165, 1.54) is 25.7 Å². The molecule has 3 unspecified atom stereocenters. The molecule has 1 saturated heterocycles. The summed E-state index contributed by atoms with van der Waals surface area (Å²) in [6.07, 6.45) is 7.29. The first kappa shape index (κ1) is 14.3. The van der Waals surface area contributed by atoms with Crippen molar-refractivity contribution >= 4 is 0 Å². The lowest BCUT2D eigenvalue weighted by molar-refractivity contribution is -0.148. The first-order valence-electron chi connectivity index (χ1n) is 7.58. The first-order valence-corrected chi connectivity index (χ1v) is 7.58. The molecule has 106 valence electrons. The maximum Gasteiger partial charge on any atom is 0.0757 e. The normalized spacial score (nSPS) is 39.0. The van der Waals surface area contributed by atoms with Crippen LogP contribution in [0.5, 0.6) is 0 Å². The van der Waals surface area contributed by atoms with Gasteiger partial charge in [-0.05, 0) is 33.6 Å². The molecule has 1 aliphatic heterocycles. The Labute approximate surface area is 112 Å². The molecular weight excluding hydrogens is 226 g/mol. The van der Waals surface area contributed by atoms with Crippen LogP contribution in [0.3, 0.4) is 0 Å². The van der Waals surface area contributed by atoms with E-state index in [4.69, 9.17) is 4.74 Å². The number of aliphatic hydroxyl groups excluding tert-OH is 1. The molecule has 2 aliphatic rings. The van der Waals surface area contributed by atoms with Gasteiger partial charge < -0.3 is 9.84 Å². The Bertz CT molecular complexity index is 267. The summed E-state index contributed by atoms with van der Waals surface area (Å²) in [6, 6.07) is 0.343. The van der Waals surface area contributed by atoms with Crippen LogP contribution in [0.2, 0.25) is 0 Å². The zero-order valence-electron chi connectivity index (χ0n) is 12.2. The van der Waals surface area contributed by atoms with Crippen molar-refractivity contribution in [3.8, 4) is 0 Å². The van der Waals surface area contributed by atoms with Crippen LogP contribution in [-0.4, -0.2) is 46.9 Å². The average Bonchev–Trinajstić information content (AvgIpc) is 2.20. The summed E-state index contributed by atoms with van der Waals surface area (Å²) in [5.41, 5.74) is -0.0836. The van der Waals surface area contributed by atoms with Gasteiger partial charge in [-0.3, -0.25) is 4.90 Å². The lowest BCUT2D eigenvalue weighted by atomic mass is 9.91. The zero-order chi connectivity index (χ0) is 13.2. The first-order chi connectivity index (χ1) is 8.48. The van der Waals surface area contributed by atoms with E-state index in [0.29, 0.717) is 6.04 Å². The van der Waals surface area contributed by atoms with Gasteiger partial charge in [-0.2, -0.15) is 0 Å². The van der Waals surface area contributed by atoms with E-state index in [2.05, 4.69) is 25.7 Å². The van der Waals surface area contributed by atoms with Gasteiger partial charge in [-0.25, -0.2) is 0 Å². The average molecular weight is 255 g/mol. The van der Waals surface area contributed by atoms with E-state index in [0.717, 1.165) is 25.9 Å². The van der Waals surface area contributed by atoms with Gasteiger partial charge in [0.15, 0.2) is 0 Å². The second kappa shape index (κ2) is 5.89. The monoisotopic (exact) mass is 255 g/mol. The lowest BCUT2D eigenvalue weighted by Crippen LogP contribution is -2.57. The number of hydrogen-bond acceptors (Lipinski definition) is 3. The van der Waals surface area contributed by atoms with Crippen LogP contribution in [-0.2, 0) is 4.74 Å². The molecule has 3 atom stereocenters. The number of ether oxygens (including phenoxy) is 1. The van der Waals surface area contributed by atoms with Gasteiger partial charge in [0.05, 0.1) is 17.8 Å². The van der Waals surface area contributed by atoms with Crippen LogP contribution in [0.15, 0.2) is 0 Å². The highest BCUT2D eigenvalue weighted by atomic mass is 16.5. The Morgan fingerprint density at radius 3 is 2.44 bits per heavy atom. The van der Waals surface area contributed by atoms with Crippen LogP contribution in [0.25, 0.3) is 0 Å². The van der Waals surface area contributed by atoms with Crippen molar-refractivity contribution in [2.45, 2.75) is 83.1 Å². The van der Waals surface area contributed by atoms with E-state index < -0.39 is 0 Å². The minimum absolute atomic E-state index is 0.0836. The van der Waals surface area contributed by atoms with Gasteiger partial charge in [0.1, 0.15) is 0 Å². The number of hydrogen-bond donors (Lipinski definition) is 1. The van der Waals surface area contributed by atoms with E-state index >= 15 is 0 Å². The molecule has 0 bridgehead atoms. The zero-order valence-corrected chi connectivity index (χ0v) is 12.2. The number of nitrogens with zero attached hydrogens (tertiary/aromatic N) is 1. The minimum Gasteiger partial charge on any atom is -0.391 e. The molecule has 3 nitrogen and oxygen atoms in total. The van der Waals surface area contributed by atoms with Gasteiger partial charge in [0, 0.05) is 19.1 Å². The Hall–Kier alpha value is -0.120. The number of rotatable bonds is 1. The highest BCUT2D eigenvalue weighted by Gasteiger charge is 2.36. The van der Waals surface area contributed by atoms with Crippen LogP contribution in [0.4, 0.5) is 0 Å². The molecule has 3 heteroatoms. The fraction of sp³-hybridized carbons (Fsp3) is 1.00. The van der Waals surface area contributed by atoms with Crippen molar-refractivity contribution in [3.63, 3.8) is 0 Å². The summed E-state index contributed by atoms with van der Waals surface area (Å²) < 4.78 is 5.96. The molecule has 1 saturated carbocycles. The maximum absolute atomic E-state index is 10.4. The van der Waals surface area contributed by atoms with Crippen molar-refractivity contribution in [2.75, 3.05) is 13.1 Å². The van der Waals surface area contributed by atoms with Crippen LogP contribution < -0.4 is 0 Å². The molecule has 2 fully saturated rings. The van der Waals surface area contributed by atoms with Crippen LogP contribution in [0.1, 0.15) is 59.3 Å². The molecule has 0 aromatic rings. The minimum atomic E-state index is -0.147. The third kappa shape index (κ3) is 3.69. The molecule has 2 rings (SSSR count). The van der Waals surface area contributed by atoms with E-state index in [1.54, 1.807) is 0 Å². The molecule has 0 aromatic carbocycles. The molecule has 0 aromatic heterocycles. The van der Waals surface area contributed by atoms with E-state index in [9.17, 15) is 5.11 Å². The molecular formula is C15H29NO2. The molecule has 0 spiro atoms. The fourth-order valence-electron chi connectivity index (χ4n) is 3.63. The van der Waals surface area contributed by atoms with Gasteiger partial charge in [-0.1, -0.05) is 25.7 Å². The maximum atomic E-state index is 10.4. The van der Waals surface area contributed by atoms with Crippen molar-refractivity contribution in [2.24, 2.45) is 0 Å². The summed E-state index contributed by atoms with van der Waals surface area (Å²) in [5.74, 6) is 0. The summed E-state index contributed by atoms with van der Waals surface area (Å²) in [4.78, 5) is 2.48. The quantitative estimate of drug-likeness (QED) is 0.781. The lowest BCUT2D eigenvalue weighted by Gasteiger charge is -2.46. The summed E-state index contributed by atoms with van der Waals surface area (Å²) in [5, 5.41) is 10.4. The van der Waals surface area contributed by atoms with E-state index in [1.807, 2.05) is 0 Å². The summed E-state index contributed by atoms with van der Waals surface area (Å²) in [7, 11) is 0. The standard InChI is InChI=1S/C15H29NO2/c1-12-10-16(11-15(2,3)18-12)13-8-6-4-5-7-9-14(13)17/h12-14,17H,4-11H2,1-3H3. The molecule has 1 N–H and O–H groups in total. The summed E-state index contributed by atoms with van der Waals surface area (Å²) >= 11 is 0. The molecule has 0 amide bonds. The highest BCUT2D eigenvalue weighted by Crippen LogP contribution is 2.28. The molecule has 1 aliphatic carbocycles. The highest BCUT2D eigenvalue weighted by molar-refractivity contribution is 4.89. The molecule has 18 heavy (non-hydrogen) atoms. The van der Waals surface area contributed by atoms with Crippen molar-refractivity contribution in [1.29, 1.82) is 0 Å². The Balaban J connectivity index is 2.02. The summed E-state index contributed by atoms with van der Waals surface area (Å²) in [6.45, 7) is 8.36. The predicted molar refractivity (Wildman–Crippen MR) is 73.7 cm³/mol. The second-order valence-corrected chi connectivity index (χ2v) is 6.74. The third-order valence-corrected chi connectivity index (χ3v) is 4.26. The predicted octanol–water partition coefficient (Wildman–Crippen LogP) is 2.57. The third-order valence-electron chi connectivity index (χ3n) is 4.26. The number of aliphatic hydroxyl groups is 1. The van der Waals surface area contributed by atoms with E-state index in [-0.39, 0.29) is 17.8 Å².